The zero-order valence-electron chi connectivity index (χ0n) is 15.4. The van der Waals surface area contributed by atoms with E-state index >= 15 is 0 Å². The lowest BCUT2D eigenvalue weighted by Crippen LogP contribution is -2.25. The average molecular weight is 413 g/mol. The Bertz CT molecular complexity index is 1220. The fraction of sp³-hybridized carbons (Fsp3) is 0.0952. The van der Waals surface area contributed by atoms with Gasteiger partial charge in [0, 0.05) is 22.2 Å². The van der Waals surface area contributed by atoms with Crippen LogP contribution in [-0.4, -0.2) is 22.6 Å². The number of H-pyrrole nitrogens is 1. The lowest BCUT2D eigenvalue weighted by atomic mass is 10.1. The molecule has 0 aliphatic rings. The molecule has 0 spiro atoms. The smallest absolute Gasteiger partial charge is 0.296 e. The SMILES string of the molecule is CCOc1ccc(NC(=O)C=Cc2c(O)c3ccc(Cl)cc3[nH]c(=O)c2=O)cc1. The van der Waals surface area contributed by atoms with Crippen LogP contribution >= 0.6 is 11.6 Å². The molecular formula is C21H17ClN2O5. The van der Waals surface area contributed by atoms with Gasteiger partial charge in [0.25, 0.3) is 11.0 Å². The van der Waals surface area contributed by atoms with Gasteiger partial charge in [-0.3, -0.25) is 14.4 Å². The third kappa shape index (κ3) is 4.64. The monoisotopic (exact) mass is 412 g/mol. The molecule has 29 heavy (non-hydrogen) atoms. The topological polar surface area (TPSA) is 108 Å². The number of hydrogen-bond donors (Lipinski definition) is 3. The van der Waals surface area contributed by atoms with Crippen molar-refractivity contribution in [2.45, 2.75) is 6.92 Å². The Labute approximate surface area is 170 Å². The largest absolute Gasteiger partial charge is 0.506 e. The summed E-state index contributed by atoms with van der Waals surface area (Å²) in [4.78, 5) is 39.0. The summed E-state index contributed by atoms with van der Waals surface area (Å²) >= 11 is 5.90. The number of aromatic amines is 1. The molecule has 0 atom stereocenters. The number of carbonyl (C=O) groups excluding carboxylic acids is 1. The molecule has 0 saturated heterocycles. The van der Waals surface area contributed by atoms with Crippen LogP contribution in [0.25, 0.3) is 17.0 Å². The van der Waals surface area contributed by atoms with E-state index in [4.69, 9.17) is 16.3 Å². The van der Waals surface area contributed by atoms with Crippen LogP contribution in [0.2, 0.25) is 5.02 Å². The first-order chi connectivity index (χ1) is 13.9. The second-order valence-corrected chi connectivity index (χ2v) is 6.45. The first-order valence-electron chi connectivity index (χ1n) is 8.69. The molecule has 8 heteroatoms. The van der Waals surface area contributed by atoms with Crippen LogP contribution in [0.3, 0.4) is 0 Å². The van der Waals surface area contributed by atoms with E-state index in [0.29, 0.717) is 23.1 Å². The molecule has 1 amide bonds. The molecule has 2 aromatic carbocycles. The van der Waals surface area contributed by atoms with Gasteiger partial charge in [-0.25, -0.2) is 0 Å². The Balaban J connectivity index is 1.91. The quantitative estimate of drug-likeness (QED) is 0.440. The number of anilines is 1. The Hall–Kier alpha value is -3.58. The molecule has 0 fully saturated rings. The van der Waals surface area contributed by atoms with Crippen molar-refractivity contribution < 1.29 is 14.6 Å². The fourth-order valence-corrected chi connectivity index (χ4v) is 2.85. The van der Waals surface area contributed by atoms with E-state index in [1.807, 2.05) is 6.92 Å². The second-order valence-electron chi connectivity index (χ2n) is 6.02. The van der Waals surface area contributed by atoms with Gasteiger partial charge in [0.15, 0.2) is 0 Å². The van der Waals surface area contributed by atoms with Crippen molar-refractivity contribution in [3.8, 4) is 11.5 Å². The van der Waals surface area contributed by atoms with E-state index in [2.05, 4.69) is 10.3 Å². The maximum Gasteiger partial charge on any atom is 0.296 e. The molecule has 0 radical (unpaired) electrons. The van der Waals surface area contributed by atoms with Crippen LogP contribution in [-0.2, 0) is 4.79 Å². The highest BCUT2D eigenvalue weighted by Gasteiger charge is 2.11. The van der Waals surface area contributed by atoms with E-state index in [0.717, 1.165) is 12.2 Å². The molecule has 3 aromatic rings. The third-order valence-electron chi connectivity index (χ3n) is 4.03. The van der Waals surface area contributed by atoms with Gasteiger partial charge >= 0.3 is 0 Å². The molecule has 3 N–H and O–H groups in total. The maximum atomic E-state index is 12.3. The molecule has 0 aliphatic heterocycles. The lowest BCUT2D eigenvalue weighted by Gasteiger charge is -2.05. The van der Waals surface area contributed by atoms with Crippen LogP contribution < -0.4 is 21.0 Å². The van der Waals surface area contributed by atoms with Gasteiger partial charge in [0.2, 0.25) is 5.91 Å². The molecule has 0 saturated carbocycles. The second kappa shape index (κ2) is 8.62. The number of aromatic hydroxyl groups is 1. The Kier molecular flexibility index (Phi) is 5.99. The van der Waals surface area contributed by atoms with Gasteiger partial charge in [-0.2, -0.15) is 0 Å². The maximum absolute atomic E-state index is 12.3. The Morgan fingerprint density at radius 2 is 1.93 bits per heavy atom. The molecule has 0 aliphatic carbocycles. The van der Waals surface area contributed by atoms with Crippen molar-refractivity contribution in [2.75, 3.05) is 11.9 Å². The van der Waals surface area contributed by atoms with E-state index in [1.165, 1.54) is 18.2 Å². The molecular weight excluding hydrogens is 396 g/mol. The Morgan fingerprint density at radius 1 is 1.21 bits per heavy atom. The molecule has 7 nitrogen and oxygen atoms in total. The minimum absolute atomic E-state index is 0.204. The number of hydrogen-bond acceptors (Lipinski definition) is 5. The minimum Gasteiger partial charge on any atom is -0.506 e. The number of carbonyl (C=O) groups is 1. The predicted octanol–water partition coefficient (Wildman–Crippen LogP) is 3.30. The minimum atomic E-state index is -0.972. The summed E-state index contributed by atoms with van der Waals surface area (Å²) in [6.45, 7) is 2.40. The highest BCUT2D eigenvalue weighted by Crippen LogP contribution is 2.26. The van der Waals surface area contributed by atoms with E-state index in [9.17, 15) is 19.5 Å². The Morgan fingerprint density at radius 3 is 2.62 bits per heavy atom. The number of halogens is 1. The first-order valence-corrected chi connectivity index (χ1v) is 9.07. The van der Waals surface area contributed by atoms with Crippen molar-refractivity contribution in [1.29, 1.82) is 0 Å². The van der Waals surface area contributed by atoms with Gasteiger partial charge in [0.1, 0.15) is 11.5 Å². The summed E-state index contributed by atoms with van der Waals surface area (Å²) in [5.74, 6) is -0.293. The summed E-state index contributed by atoms with van der Waals surface area (Å²) in [6.07, 6.45) is 2.17. The predicted molar refractivity (Wildman–Crippen MR) is 113 cm³/mol. The molecule has 3 rings (SSSR count). The van der Waals surface area contributed by atoms with Crippen LogP contribution in [0.4, 0.5) is 5.69 Å². The molecule has 1 heterocycles. The van der Waals surface area contributed by atoms with Crippen LogP contribution in [0, 0.1) is 0 Å². The first kappa shape index (κ1) is 20.2. The highest BCUT2D eigenvalue weighted by atomic mass is 35.5. The van der Waals surface area contributed by atoms with Crippen molar-refractivity contribution in [3.05, 3.63) is 79.7 Å². The summed E-state index contributed by atoms with van der Waals surface area (Å²) in [5, 5.41) is 13.7. The third-order valence-corrected chi connectivity index (χ3v) is 4.26. The highest BCUT2D eigenvalue weighted by molar-refractivity contribution is 6.31. The molecule has 148 valence electrons. The molecule has 1 aromatic heterocycles. The zero-order valence-corrected chi connectivity index (χ0v) is 16.1. The molecule has 0 bridgehead atoms. The van der Waals surface area contributed by atoms with Crippen molar-refractivity contribution in [3.63, 3.8) is 0 Å². The number of benzene rings is 2. The number of fused-ring (bicyclic) bond motifs is 1. The van der Waals surface area contributed by atoms with E-state index in [1.54, 1.807) is 24.3 Å². The van der Waals surface area contributed by atoms with Crippen molar-refractivity contribution in [1.82, 2.24) is 4.98 Å². The van der Waals surface area contributed by atoms with Crippen LogP contribution in [0.15, 0.2) is 58.1 Å². The van der Waals surface area contributed by atoms with Gasteiger partial charge in [-0.15, -0.1) is 0 Å². The van der Waals surface area contributed by atoms with Gasteiger partial charge in [-0.1, -0.05) is 11.6 Å². The van der Waals surface area contributed by atoms with E-state index in [-0.39, 0.29) is 16.5 Å². The lowest BCUT2D eigenvalue weighted by molar-refractivity contribution is -0.111. The number of amides is 1. The fourth-order valence-electron chi connectivity index (χ4n) is 2.68. The normalized spacial score (nSPS) is 11.0. The number of nitrogens with one attached hydrogen (secondary N) is 2. The van der Waals surface area contributed by atoms with Gasteiger partial charge in [0.05, 0.1) is 17.7 Å². The average Bonchev–Trinajstić information content (AvgIpc) is 2.77. The zero-order chi connectivity index (χ0) is 21.0. The summed E-state index contributed by atoms with van der Waals surface area (Å²) in [7, 11) is 0. The summed E-state index contributed by atoms with van der Waals surface area (Å²) in [5.41, 5.74) is -1.49. The summed E-state index contributed by atoms with van der Waals surface area (Å²) in [6, 6.07) is 11.1. The summed E-state index contributed by atoms with van der Waals surface area (Å²) < 4.78 is 5.33. The van der Waals surface area contributed by atoms with Crippen LogP contribution in [0.5, 0.6) is 11.5 Å². The van der Waals surface area contributed by atoms with Gasteiger partial charge in [-0.05, 0) is 55.5 Å². The standard InChI is InChI=1S/C21H17ClN2O5/c1-2-29-14-6-4-13(5-7-14)23-18(25)10-9-16-19(26)15-8-3-12(22)11-17(15)24-21(28)20(16)27/h3-11,26H,2H2,1H3,(H,23,25)(H,24,27,28). The van der Waals surface area contributed by atoms with Crippen molar-refractivity contribution in [2.24, 2.45) is 0 Å². The number of rotatable bonds is 5. The molecule has 0 unspecified atom stereocenters. The van der Waals surface area contributed by atoms with Crippen LogP contribution in [0.1, 0.15) is 12.5 Å². The number of ether oxygens (including phenoxy) is 1. The number of aromatic nitrogens is 1. The van der Waals surface area contributed by atoms with E-state index < -0.39 is 22.6 Å². The van der Waals surface area contributed by atoms with Gasteiger partial charge < -0.3 is 20.1 Å². The van der Waals surface area contributed by atoms with Crippen molar-refractivity contribution >= 4 is 40.2 Å².